The number of rotatable bonds is 5. The summed E-state index contributed by atoms with van der Waals surface area (Å²) in [7, 11) is 0. The predicted molar refractivity (Wildman–Crippen MR) is 123 cm³/mol. The lowest BCUT2D eigenvalue weighted by Gasteiger charge is -2.24. The largest absolute Gasteiger partial charge is 0.573 e. The van der Waals surface area contributed by atoms with Crippen LogP contribution in [0.3, 0.4) is 0 Å². The molecule has 2 fully saturated rings. The van der Waals surface area contributed by atoms with Crippen molar-refractivity contribution in [3.63, 3.8) is 0 Å². The van der Waals surface area contributed by atoms with Crippen molar-refractivity contribution in [2.75, 3.05) is 26.2 Å². The van der Waals surface area contributed by atoms with Crippen LogP contribution in [0.15, 0.2) is 42.5 Å². The summed E-state index contributed by atoms with van der Waals surface area (Å²) < 4.78 is 51.8. The van der Waals surface area contributed by atoms with Gasteiger partial charge in [0.25, 0.3) is 0 Å². The van der Waals surface area contributed by atoms with Crippen LogP contribution >= 0.6 is 23.2 Å². The van der Waals surface area contributed by atoms with Gasteiger partial charge in [-0.25, -0.2) is 0 Å². The second-order valence-electron chi connectivity index (χ2n) is 7.73. The maximum Gasteiger partial charge on any atom is 0.573 e. The van der Waals surface area contributed by atoms with E-state index in [0.29, 0.717) is 11.9 Å². The van der Waals surface area contributed by atoms with Gasteiger partial charge in [0.05, 0.1) is 5.02 Å². The molecule has 10 heteroatoms. The molecule has 2 aliphatic heterocycles. The van der Waals surface area contributed by atoms with E-state index in [1.807, 2.05) is 24.3 Å². The van der Waals surface area contributed by atoms with E-state index in [0.717, 1.165) is 68.7 Å². The van der Waals surface area contributed by atoms with Crippen molar-refractivity contribution in [2.24, 2.45) is 0 Å². The third-order valence-corrected chi connectivity index (χ3v) is 5.65. The molecule has 2 aromatic rings. The molecular weight excluding hydrogens is 480 g/mol. The molecule has 182 valence electrons. The first kappa shape index (κ1) is 25.7. The maximum atomic E-state index is 12.2. The maximum absolute atomic E-state index is 12.2. The summed E-state index contributed by atoms with van der Waals surface area (Å²) in [5.41, 5.74) is 0. The van der Waals surface area contributed by atoms with Crippen LogP contribution < -0.4 is 24.8 Å². The summed E-state index contributed by atoms with van der Waals surface area (Å²) >= 11 is 11.5. The lowest BCUT2D eigenvalue weighted by molar-refractivity contribution is -0.274. The molecule has 2 N–H and O–H groups in total. The van der Waals surface area contributed by atoms with Gasteiger partial charge in [-0.3, -0.25) is 0 Å². The number of piperidine rings is 2. The highest BCUT2D eigenvalue weighted by atomic mass is 35.5. The molecule has 0 saturated carbocycles. The zero-order valence-electron chi connectivity index (χ0n) is 18.0. The Morgan fingerprint density at radius 1 is 0.758 bits per heavy atom. The molecule has 0 aliphatic carbocycles. The van der Waals surface area contributed by atoms with E-state index in [9.17, 15) is 13.2 Å². The van der Waals surface area contributed by atoms with Gasteiger partial charge < -0.3 is 24.8 Å². The molecule has 0 radical (unpaired) electrons. The van der Waals surface area contributed by atoms with E-state index < -0.39 is 12.1 Å². The molecule has 0 amide bonds. The SMILES string of the molecule is Clc1cccc(OC2CCNCC2)c1.FC(F)(F)Oc1cc(OC2CCNCC2)ccc1Cl. The topological polar surface area (TPSA) is 51.8 Å². The van der Waals surface area contributed by atoms with Gasteiger partial charge in [0.2, 0.25) is 0 Å². The number of alkyl halides is 3. The zero-order chi connectivity index (χ0) is 23.7. The van der Waals surface area contributed by atoms with Crippen LogP contribution in [-0.2, 0) is 0 Å². The minimum absolute atomic E-state index is 0.00108. The van der Waals surface area contributed by atoms with Crippen LogP contribution in [0.1, 0.15) is 25.7 Å². The number of hydrogen-bond acceptors (Lipinski definition) is 5. The van der Waals surface area contributed by atoms with Crippen LogP contribution in [0, 0.1) is 0 Å². The number of hydrogen-bond donors (Lipinski definition) is 2. The Kier molecular flexibility index (Phi) is 9.79. The minimum Gasteiger partial charge on any atom is -0.490 e. The van der Waals surface area contributed by atoms with Crippen molar-refractivity contribution < 1.29 is 27.4 Å². The van der Waals surface area contributed by atoms with E-state index in [1.54, 1.807) is 0 Å². The van der Waals surface area contributed by atoms with Crippen LogP contribution in [0.2, 0.25) is 10.0 Å². The third-order valence-electron chi connectivity index (χ3n) is 5.10. The molecule has 2 saturated heterocycles. The van der Waals surface area contributed by atoms with Crippen LogP contribution in [-0.4, -0.2) is 44.7 Å². The van der Waals surface area contributed by atoms with Crippen molar-refractivity contribution in [1.82, 2.24) is 10.6 Å². The van der Waals surface area contributed by atoms with Gasteiger partial charge in [0, 0.05) is 11.1 Å². The highest BCUT2D eigenvalue weighted by molar-refractivity contribution is 6.32. The second kappa shape index (κ2) is 12.6. The average molecular weight is 507 g/mol. The Hall–Kier alpha value is -1.87. The van der Waals surface area contributed by atoms with Gasteiger partial charge in [0.15, 0.2) is 5.75 Å². The summed E-state index contributed by atoms with van der Waals surface area (Å²) in [5.74, 6) is 0.764. The Labute approximate surface area is 201 Å². The molecule has 0 bridgehead atoms. The van der Waals surface area contributed by atoms with E-state index in [-0.39, 0.29) is 11.1 Å². The second-order valence-corrected chi connectivity index (χ2v) is 8.58. The molecule has 33 heavy (non-hydrogen) atoms. The van der Waals surface area contributed by atoms with Gasteiger partial charge >= 0.3 is 6.36 Å². The summed E-state index contributed by atoms with van der Waals surface area (Å²) in [5, 5.41) is 7.11. The summed E-state index contributed by atoms with van der Waals surface area (Å²) in [6, 6.07) is 11.6. The van der Waals surface area contributed by atoms with Crippen molar-refractivity contribution in [1.29, 1.82) is 0 Å². The summed E-state index contributed by atoms with van der Waals surface area (Å²) in [6.45, 7) is 3.77. The van der Waals surface area contributed by atoms with Gasteiger partial charge in [-0.2, -0.15) is 0 Å². The molecule has 2 aromatic carbocycles. The molecule has 2 heterocycles. The van der Waals surface area contributed by atoms with Gasteiger partial charge in [-0.05, 0) is 82.2 Å². The van der Waals surface area contributed by atoms with Gasteiger partial charge in [-0.1, -0.05) is 29.3 Å². The number of nitrogens with one attached hydrogen (secondary N) is 2. The Morgan fingerprint density at radius 3 is 1.82 bits per heavy atom. The first-order valence-electron chi connectivity index (χ1n) is 10.8. The number of halogens is 5. The van der Waals surface area contributed by atoms with Gasteiger partial charge in [0.1, 0.15) is 23.7 Å². The smallest absolute Gasteiger partial charge is 0.490 e. The highest BCUT2D eigenvalue weighted by Crippen LogP contribution is 2.34. The fraction of sp³-hybridized carbons (Fsp3) is 0.478. The Balaban J connectivity index is 0.000000194. The van der Waals surface area contributed by atoms with Crippen LogP contribution in [0.4, 0.5) is 13.2 Å². The molecular formula is C23H27Cl2F3N2O3. The molecule has 2 aliphatic rings. The number of ether oxygens (including phenoxy) is 3. The summed E-state index contributed by atoms with van der Waals surface area (Å²) in [6.07, 6.45) is -0.637. The molecule has 0 aromatic heterocycles. The fourth-order valence-corrected chi connectivity index (χ4v) is 3.85. The first-order chi connectivity index (χ1) is 15.8. The first-order valence-corrected chi connectivity index (χ1v) is 11.6. The quantitative estimate of drug-likeness (QED) is 0.533. The highest BCUT2D eigenvalue weighted by Gasteiger charge is 2.32. The normalized spacial score (nSPS) is 17.6. The summed E-state index contributed by atoms with van der Waals surface area (Å²) in [4.78, 5) is 0. The molecule has 0 atom stereocenters. The van der Waals surface area contributed by atoms with E-state index in [4.69, 9.17) is 32.7 Å². The number of benzene rings is 2. The van der Waals surface area contributed by atoms with Crippen molar-refractivity contribution >= 4 is 23.2 Å². The van der Waals surface area contributed by atoms with Crippen molar-refractivity contribution in [3.8, 4) is 17.2 Å². The van der Waals surface area contributed by atoms with Crippen LogP contribution in [0.25, 0.3) is 0 Å². The van der Waals surface area contributed by atoms with Crippen LogP contribution in [0.5, 0.6) is 17.2 Å². The molecule has 0 unspecified atom stereocenters. The third kappa shape index (κ3) is 9.49. The van der Waals surface area contributed by atoms with Crippen molar-refractivity contribution in [3.05, 3.63) is 52.5 Å². The molecule has 5 nitrogen and oxygen atoms in total. The standard InChI is InChI=1S/C12H13ClF3NO2.C11H14ClNO/c13-10-2-1-9(7-11(10)19-12(14,15)16)18-8-3-5-17-6-4-8;12-9-2-1-3-11(8-9)14-10-4-6-13-7-5-10/h1-2,7-8,17H,3-6H2;1-3,8,10,13H,4-7H2. The average Bonchev–Trinajstić information content (AvgIpc) is 2.77. The lowest BCUT2D eigenvalue weighted by Crippen LogP contribution is -2.34. The monoisotopic (exact) mass is 506 g/mol. The minimum atomic E-state index is -4.77. The fourth-order valence-electron chi connectivity index (χ4n) is 3.51. The van der Waals surface area contributed by atoms with E-state index >= 15 is 0 Å². The molecule has 0 spiro atoms. The Bertz CT molecular complexity index is 874. The van der Waals surface area contributed by atoms with E-state index in [2.05, 4.69) is 15.4 Å². The van der Waals surface area contributed by atoms with E-state index in [1.165, 1.54) is 12.1 Å². The van der Waals surface area contributed by atoms with Crippen molar-refractivity contribution in [2.45, 2.75) is 44.3 Å². The van der Waals surface area contributed by atoms with Gasteiger partial charge in [-0.15, -0.1) is 13.2 Å². The zero-order valence-corrected chi connectivity index (χ0v) is 19.5. The molecule has 4 rings (SSSR count). The Morgan fingerprint density at radius 2 is 1.30 bits per heavy atom. The predicted octanol–water partition coefficient (Wildman–Crippen LogP) is 5.84. The lowest BCUT2D eigenvalue weighted by atomic mass is 10.1.